The van der Waals surface area contributed by atoms with Crippen LogP contribution in [0, 0.1) is 5.41 Å². The lowest BCUT2D eigenvalue weighted by molar-refractivity contribution is -0.116. The van der Waals surface area contributed by atoms with Gasteiger partial charge in [0, 0.05) is 12.6 Å². The number of allylic oxidation sites excluding steroid dienone is 9. The summed E-state index contributed by atoms with van der Waals surface area (Å²) in [6.07, 6.45) is 15.6. The fraction of sp³-hybridized carbons (Fsp3) is 0.500. The highest BCUT2D eigenvalue weighted by molar-refractivity contribution is 5.88. The lowest BCUT2D eigenvalue weighted by Gasteiger charge is -2.32. The smallest absolute Gasteiger partial charge is 0.244 e. The van der Waals surface area contributed by atoms with E-state index in [2.05, 4.69) is 45.2 Å². The summed E-state index contributed by atoms with van der Waals surface area (Å²) in [6.45, 7) is 11.1. The van der Waals surface area contributed by atoms with E-state index in [0.717, 1.165) is 5.57 Å². The quantitative estimate of drug-likeness (QED) is 0.523. The van der Waals surface area contributed by atoms with Crippen LogP contribution in [0.2, 0.25) is 0 Å². The number of rotatable bonds is 7. The van der Waals surface area contributed by atoms with Crippen LogP contribution in [0.1, 0.15) is 53.9 Å². The van der Waals surface area contributed by atoms with Crippen molar-refractivity contribution in [3.05, 3.63) is 58.7 Å². The molecule has 0 spiro atoms. The van der Waals surface area contributed by atoms with Gasteiger partial charge in [0.2, 0.25) is 5.91 Å². The van der Waals surface area contributed by atoms with Gasteiger partial charge >= 0.3 is 0 Å². The first-order chi connectivity index (χ1) is 11.8. The van der Waals surface area contributed by atoms with E-state index in [1.54, 1.807) is 0 Å². The summed E-state index contributed by atoms with van der Waals surface area (Å²) in [4.78, 5) is 11.5. The molecule has 1 rings (SSSR count). The summed E-state index contributed by atoms with van der Waals surface area (Å²) in [5, 5.41) is 11.3. The molecule has 2 N–H and O–H groups in total. The van der Waals surface area contributed by atoms with Crippen LogP contribution in [-0.2, 0) is 4.79 Å². The predicted octanol–water partition coefficient (Wildman–Crippen LogP) is 4.63. The molecule has 0 unspecified atom stereocenters. The van der Waals surface area contributed by atoms with Crippen molar-refractivity contribution in [1.29, 1.82) is 0 Å². The number of aliphatic hydroxyl groups is 1. The largest absolute Gasteiger partial charge is 0.395 e. The van der Waals surface area contributed by atoms with Gasteiger partial charge in [0.1, 0.15) is 0 Å². The SMILES string of the molecule is CC1=C(\C=C/C(C)=C\C=C\C(C)=C/C(=O)NCCO)C(C)(C)CCC1. The van der Waals surface area contributed by atoms with E-state index in [-0.39, 0.29) is 24.5 Å². The second kappa shape index (κ2) is 10.2. The number of amides is 1. The first kappa shape index (κ1) is 21.2. The lowest BCUT2D eigenvalue weighted by Crippen LogP contribution is -2.24. The number of hydrogen-bond acceptors (Lipinski definition) is 2. The molecule has 1 amide bonds. The van der Waals surface area contributed by atoms with Gasteiger partial charge in [0.15, 0.2) is 0 Å². The lowest BCUT2D eigenvalue weighted by atomic mass is 9.72. The molecule has 25 heavy (non-hydrogen) atoms. The highest BCUT2D eigenvalue weighted by Gasteiger charge is 2.26. The number of nitrogens with one attached hydrogen (secondary N) is 1. The van der Waals surface area contributed by atoms with E-state index in [1.165, 1.54) is 42.1 Å². The van der Waals surface area contributed by atoms with Crippen molar-refractivity contribution < 1.29 is 9.90 Å². The first-order valence-electron chi connectivity index (χ1n) is 9.06. The number of carbonyl (C=O) groups is 1. The highest BCUT2D eigenvalue weighted by Crippen LogP contribution is 2.40. The number of carbonyl (C=O) groups excluding carboxylic acids is 1. The summed E-state index contributed by atoms with van der Waals surface area (Å²) in [5.41, 5.74) is 5.28. The van der Waals surface area contributed by atoms with Gasteiger partial charge in [-0.15, -0.1) is 0 Å². The van der Waals surface area contributed by atoms with Gasteiger partial charge in [0.05, 0.1) is 6.61 Å². The van der Waals surface area contributed by atoms with Gasteiger partial charge < -0.3 is 10.4 Å². The average Bonchev–Trinajstić information content (AvgIpc) is 2.51. The van der Waals surface area contributed by atoms with Crippen LogP contribution in [0.5, 0.6) is 0 Å². The molecule has 138 valence electrons. The van der Waals surface area contributed by atoms with E-state index in [0.29, 0.717) is 0 Å². The third-order valence-electron chi connectivity index (χ3n) is 4.54. The van der Waals surface area contributed by atoms with Crippen molar-refractivity contribution in [1.82, 2.24) is 5.32 Å². The molecule has 0 aromatic carbocycles. The summed E-state index contributed by atoms with van der Waals surface area (Å²) in [5.74, 6) is -0.182. The molecule has 0 aliphatic heterocycles. The standard InChI is InChI=1S/C22H33NO2/c1-17(8-6-9-18(2)16-21(25)23-14-15-24)11-12-20-19(3)10-7-13-22(20,4)5/h6,8-9,11-12,16,24H,7,10,13-15H2,1-5H3,(H,23,25)/b9-6+,12-11-,17-8-,18-16-. The van der Waals surface area contributed by atoms with E-state index < -0.39 is 0 Å². The maximum atomic E-state index is 11.5. The predicted molar refractivity (Wildman–Crippen MR) is 106 cm³/mol. The number of hydrogen-bond donors (Lipinski definition) is 2. The zero-order chi connectivity index (χ0) is 18.9. The van der Waals surface area contributed by atoms with Crippen LogP contribution in [0.3, 0.4) is 0 Å². The Morgan fingerprint density at radius 3 is 2.60 bits per heavy atom. The minimum absolute atomic E-state index is 0.0462. The minimum atomic E-state index is -0.182. The van der Waals surface area contributed by atoms with Crippen LogP contribution in [0.15, 0.2) is 58.7 Å². The maximum absolute atomic E-state index is 11.5. The van der Waals surface area contributed by atoms with Gasteiger partial charge in [-0.25, -0.2) is 0 Å². The molecule has 0 bridgehead atoms. The van der Waals surface area contributed by atoms with Crippen LogP contribution >= 0.6 is 0 Å². The van der Waals surface area contributed by atoms with Crippen molar-refractivity contribution in [2.75, 3.05) is 13.2 Å². The fourth-order valence-corrected chi connectivity index (χ4v) is 3.12. The average molecular weight is 344 g/mol. The summed E-state index contributed by atoms with van der Waals surface area (Å²) in [6, 6.07) is 0. The van der Waals surface area contributed by atoms with Gasteiger partial charge in [0.25, 0.3) is 0 Å². The van der Waals surface area contributed by atoms with Crippen molar-refractivity contribution in [2.24, 2.45) is 5.41 Å². The monoisotopic (exact) mass is 343 g/mol. The van der Waals surface area contributed by atoms with Crippen molar-refractivity contribution in [3.8, 4) is 0 Å². The minimum Gasteiger partial charge on any atom is -0.395 e. The molecule has 1 aliphatic rings. The second-order valence-corrected chi connectivity index (χ2v) is 7.44. The summed E-state index contributed by atoms with van der Waals surface area (Å²) < 4.78 is 0. The molecule has 0 aromatic heterocycles. The van der Waals surface area contributed by atoms with E-state index in [9.17, 15) is 4.79 Å². The van der Waals surface area contributed by atoms with Crippen molar-refractivity contribution in [3.63, 3.8) is 0 Å². The van der Waals surface area contributed by atoms with Crippen molar-refractivity contribution >= 4 is 5.91 Å². The Balaban J connectivity index is 2.69. The molecule has 0 radical (unpaired) electrons. The maximum Gasteiger partial charge on any atom is 0.244 e. The Morgan fingerprint density at radius 1 is 1.24 bits per heavy atom. The van der Waals surface area contributed by atoms with Crippen LogP contribution in [-0.4, -0.2) is 24.2 Å². The Morgan fingerprint density at radius 2 is 1.96 bits per heavy atom. The normalized spacial score (nSPS) is 19.1. The molecule has 0 fully saturated rings. The molecular weight excluding hydrogens is 310 g/mol. The summed E-state index contributed by atoms with van der Waals surface area (Å²) in [7, 11) is 0. The first-order valence-corrected chi connectivity index (χ1v) is 9.06. The Kier molecular flexibility index (Phi) is 8.64. The van der Waals surface area contributed by atoms with E-state index in [1.807, 2.05) is 25.2 Å². The van der Waals surface area contributed by atoms with Gasteiger partial charge in [-0.1, -0.05) is 55.4 Å². The molecule has 0 saturated heterocycles. The van der Waals surface area contributed by atoms with Crippen molar-refractivity contribution in [2.45, 2.75) is 53.9 Å². The molecule has 1 aliphatic carbocycles. The van der Waals surface area contributed by atoms with Gasteiger partial charge in [-0.3, -0.25) is 4.79 Å². The van der Waals surface area contributed by atoms with Crippen LogP contribution in [0.4, 0.5) is 0 Å². The Hall–Kier alpha value is -1.87. The second-order valence-electron chi connectivity index (χ2n) is 7.44. The molecule has 3 nitrogen and oxygen atoms in total. The molecular formula is C22H33NO2. The Bertz CT molecular complexity index is 616. The fourth-order valence-electron chi connectivity index (χ4n) is 3.12. The van der Waals surface area contributed by atoms with E-state index in [4.69, 9.17) is 5.11 Å². The Labute approximate surface area is 152 Å². The third-order valence-corrected chi connectivity index (χ3v) is 4.54. The van der Waals surface area contributed by atoms with Gasteiger partial charge in [-0.2, -0.15) is 0 Å². The van der Waals surface area contributed by atoms with Crippen LogP contribution in [0.25, 0.3) is 0 Å². The van der Waals surface area contributed by atoms with E-state index >= 15 is 0 Å². The molecule has 0 aromatic rings. The summed E-state index contributed by atoms with van der Waals surface area (Å²) >= 11 is 0. The molecule has 0 heterocycles. The zero-order valence-corrected chi connectivity index (χ0v) is 16.4. The topological polar surface area (TPSA) is 49.3 Å². The third kappa shape index (κ3) is 7.70. The zero-order valence-electron chi connectivity index (χ0n) is 16.4. The molecule has 0 atom stereocenters. The highest BCUT2D eigenvalue weighted by atomic mass is 16.3. The molecule has 0 saturated carbocycles. The molecule has 3 heteroatoms. The van der Waals surface area contributed by atoms with Crippen LogP contribution < -0.4 is 5.32 Å². The number of aliphatic hydroxyl groups excluding tert-OH is 1. The van der Waals surface area contributed by atoms with Gasteiger partial charge in [-0.05, 0) is 56.6 Å².